The lowest BCUT2D eigenvalue weighted by molar-refractivity contribution is 0.304. The Labute approximate surface area is 132 Å². The van der Waals surface area contributed by atoms with Gasteiger partial charge in [-0.2, -0.15) is 0 Å². The number of benzene rings is 3. The molecule has 0 aliphatic heterocycles. The van der Waals surface area contributed by atoms with Gasteiger partial charge in [-0.25, -0.2) is 0 Å². The standard InChI is InChI=1S/C21H20O/c1-16-12-13-21(17(2)14-16)22-15-19-10-6-7-11-20(19)18-8-4-3-5-9-18/h3-14H,15H2,1-2H3. The zero-order valence-electron chi connectivity index (χ0n) is 13.0. The quantitative estimate of drug-likeness (QED) is 0.611. The molecule has 0 saturated heterocycles. The van der Waals surface area contributed by atoms with Crippen molar-refractivity contribution in [2.24, 2.45) is 0 Å². The van der Waals surface area contributed by atoms with Gasteiger partial charge in [0, 0.05) is 0 Å². The summed E-state index contributed by atoms with van der Waals surface area (Å²) in [6, 6.07) is 25.1. The molecule has 0 spiro atoms. The first-order valence-corrected chi connectivity index (χ1v) is 7.57. The van der Waals surface area contributed by atoms with Gasteiger partial charge in [-0.3, -0.25) is 0 Å². The second kappa shape index (κ2) is 6.48. The fourth-order valence-electron chi connectivity index (χ4n) is 2.66. The molecule has 0 heterocycles. The molecule has 0 radical (unpaired) electrons. The van der Waals surface area contributed by atoms with Crippen molar-refractivity contribution in [1.82, 2.24) is 0 Å². The van der Waals surface area contributed by atoms with Gasteiger partial charge in [0.2, 0.25) is 0 Å². The van der Waals surface area contributed by atoms with Crippen LogP contribution in [0.1, 0.15) is 16.7 Å². The smallest absolute Gasteiger partial charge is 0.122 e. The SMILES string of the molecule is Cc1ccc(OCc2ccccc2-c2ccccc2)c(C)c1. The summed E-state index contributed by atoms with van der Waals surface area (Å²) in [7, 11) is 0. The minimum atomic E-state index is 0.578. The minimum Gasteiger partial charge on any atom is -0.489 e. The van der Waals surface area contributed by atoms with E-state index < -0.39 is 0 Å². The Hall–Kier alpha value is -2.54. The van der Waals surface area contributed by atoms with Gasteiger partial charge >= 0.3 is 0 Å². The maximum atomic E-state index is 6.04. The second-order valence-electron chi connectivity index (χ2n) is 5.58. The molecule has 0 aliphatic rings. The van der Waals surface area contributed by atoms with Crippen LogP contribution in [0.15, 0.2) is 72.8 Å². The molecule has 3 aromatic rings. The van der Waals surface area contributed by atoms with Crippen LogP contribution in [0.5, 0.6) is 5.75 Å². The van der Waals surface area contributed by atoms with E-state index in [1.54, 1.807) is 0 Å². The third-order valence-electron chi connectivity index (χ3n) is 3.82. The van der Waals surface area contributed by atoms with E-state index in [-0.39, 0.29) is 0 Å². The molecule has 22 heavy (non-hydrogen) atoms. The Bertz CT molecular complexity index is 760. The number of aryl methyl sites for hydroxylation is 2. The van der Waals surface area contributed by atoms with E-state index in [2.05, 4.69) is 80.6 Å². The molecule has 0 unspecified atom stereocenters. The highest BCUT2D eigenvalue weighted by molar-refractivity contribution is 5.67. The highest BCUT2D eigenvalue weighted by Gasteiger charge is 2.06. The summed E-state index contributed by atoms with van der Waals surface area (Å²) in [4.78, 5) is 0. The Kier molecular flexibility index (Phi) is 4.24. The van der Waals surface area contributed by atoms with E-state index in [9.17, 15) is 0 Å². The van der Waals surface area contributed by atoms with Crippen molar-refractivity contribution < 1.29 is 4.74 Å². The molecule has 3 rings (SSSR count). The molecule has 0 saturated carbocycles. The van der Waals surface area contributed by atoms with Crippen molar-refractivity contribution in [1.29, 1.82) is 0 Å². The second-order valence-corrected chi connectivity index (χ2v) is 5.58. The minimum absolute atomic E-state index is 0.578. The Balaban J connectivity index is 1.84. The lowest BCUT2D eigenvalue weighted by Gasteiger charge is -2.13. The normalized spacial score (nSPS) is 10.5. The predicted octanol–water partition coefficient (Wildman–Crippen LogP) is 5.55. The summed E-state index contributed by atoms with van der Waals surface area (Å²) in [6.07, 6.45) is 0. The van der Waals surface area contributed by atoms with Crippen LogP contribution in [-0.2, 0) is 6.61 Å². The van der Waals surface area contributed by atoms with Crippen LogP contribution in [0.4, 0.5) is 0 Å². The lowest BCUT2D eigenvalue weighted by Crippen LogP contribution is -1.99. The first-order valence-electron chi connectivity index (χ1n) is 7.57. The van der Waals surface area contributed by atoms with Crippen molar-refractivity contribution in [2.45, 2.75) is 20.5 Å². The zero-order chi connectivity index (χ0) is 15.4. The van der Waals surface area contributed by atoms with Crippen molar-refractivity contribution >= 4 is 0 Å². The molecule has 0 N–H and O–H groups in total. The van der Waals surface area contributed by atoms with Crippen LogP contribution in [-0.4, -0.2) is 0 Å². The van der Waals surface area contributed by atoms with E-state index in [4.69, 9.17) is 4.74 Å². The summed E-state index contributed by atoms with van der Waals surface area (Å²) in [5, 5.41) is 0. The third kappa shape index (κ3) is 3.20. The highest BCUT2D eigenvalue weighted by Crippen LogP contribution is 2.26. The summed E-state index contributed by atoms with van der Waals surface area (Å²) in [5.41, 5.74) is 6.09. The molecule has 0 aliphatic carbocycles. The van der Waals surface area contributed by atoms with E-state index in [1.807, 2.05) is 6.07 Å². The van der Waals surface area contributed by atoms with E-state index in [0.717, 1.165) is 5.75 Å². The van der Waals surface area contributed by atoms with Gasteiger partial charge in [0.1, 0.15) is 12.4 Å². The fourth-order valence-corrected chi connectivity index (χ4v) is 2.66. The molecular formula is C21H20O. The Morgan fingerprint density at radius 2 is 1.50 bits per heavy atom. The average Bonchev–Trinajstić information content (AvgIpc) is 2.55. The van der Waals surface area contributed by atoms with Gasteiger partial charge in [0.15, 0.2) is 0 Å². The topological polar surface area (TPSA) is 9.23 Å². The van der Waals surface area contributed by atoms with Crippen molar-refractivity contribution in [3.8, 4) is 16.9 Å². The summed E-state index contributed by atoms with van der Waals surface area (Å²) >= 11 is 0. The molecule has 0 atom stereocenters. The average molecular weight is 288 g/mol. The molecule has 3 aromatic carbocycles. The number of hydrogen-bond acceptors (Lipinski definition) is 1. The van der Waals surface area contributed by atoms with Gasteiger partial charge in [-0.05, 0) is 42.2 Å². The molecule has 0 amide bonds. The van der Waals surface area contributed by atoms with Crippen LogP contribution in [0, 0.1) is 13.8 Å². The van der Waals surface area contributed by atoms with Crippen molar-refractivity contribution in [2.75, 3.05) is 0 Å². The van der Waals surface area contributed by atoms with Crippen molar-refractivity contribution in [3.63, 3.8) is 0 Å². The summed E-state index contributed by atoms with van der Waals surface area (Å²) < 4.78 is 6.04. The Morgan fingerprint density at radius 3 is 2.27 bits per heavy atom. The maximum Gasteiger partial charge on any atom is 0.122 e. The van der Waals surface area contributed by atoms with E-state index in [1.165, 1.54) is 27.8 Å². The van der Waals surface area contributed by atoms with Crippen LogP contribution in [0.3, 0.4) is 0 Å². The molecule has 1 nitrogen and oxygen atoms in total. The number of ether oxygens (including phenoxy) is 1. The van der Waals surface area contributed by atoms with Gasteiger partial charge in [0.25, 0.3) is 0 Å². The van der Waals surface area contributed by atoms with Crippen LogP contribution >= 0.6 is 0 Å². The van der Waals surface area contributed by atoms with E-state index in [0.29, 0.717) is 6.61 Å². The molecular weight excluding hydrogens is 268 g/mol. The molecule has 0 bridgehead atoms. The fraction of sp³-hybridized carbons (Fsp3) is 0.143. The van der Waals surface area contributed by atoms with Gasteiger partial charge in [-0.1, -0.05) is 72.3 Å². The van der Waals surface area contributed by atoms with Crippen molar-refractivity contribution in [3.05, 3.63) is 89.5 Å². The van der Waals surface area contributed by atoms with Gasteiger partial charge < -0.3 is 4.74 Å². The first-order chi connectivity index (χ1) is 10.7. The van der Waals surface area contributed by atoms with Gasteiger partial charge in [0.05, 0.1) is 0 Å². The maximum absolute atomic E-state index is 6.04. The largest absolute Gasteiger partial charge is 0.489 e. The van der Waals surface area contributed by atoms with E-state index >= 15 is 0 Å². The first kappa shape index (κ1) is 14.4. The monoisotopic (exact) mass is 288 g/mol. The predicted molar refractivity (Wildman–Crippen MR) is 92.1 cm³/mol. The molecule has 0 fully saturated rings. The molecule has 1 heteroatoms. The third-order valence-corrected chi connectivity index (χ3v) is 3.82. The summed E-state index contributed by atoms with van der Waals surface area (Å²) in [6.45, 7) is 4.77. The number of hydrogen-bond donors (Lipinski definition) is 0. The van der Waals surface area contributed by atoms with Crippen LogP contribution in [0.25, 0.3) is 11.1 Å². The summed E-state index contributed by atoms with van der Waals surface area (Å²) in [5.74, 6) is 0.952. The lowest BCUT2D eigenvalue weighted by atomic mass is 10.0. The zero-order valence-corrected chi connectivity index (χ0v) is 13.0. The molecule has 0 aromatic heterocycles. The van der Waals surface area contributed by atoms with Gasteiger partial charge in [-0.15, -0.1) is 0 Å². The Morgan fingerprint density at radius 1 is 0.773 bits per heavy atom. The van der Waals surface area contributed by atoms with Crippen LogP contribution in [0.2, 0.25) is 0 Å². The van der Waals surface area contributed by atoms with Crippen LogP contribution < -0.4 is 4.74 Å². The highest BCUT2D eigenvalue weighted by atomic mass is 16.5. The number of rotatable bonds is 4. The molecule has 110 valence electrons.